The van der Waals surface area contributed by atoms with E-state index in [0.717, 1.165) is 18.5 Å². The molecule has 2 aromatic rings. The summed E-state index contributed by atoms with van der Waals surface area (Å²) in [6, 6.07) is 10.7. The summed E-state index contributed by atoms with van der Waals surface area (Å²) in [5, 5.41) is 8.51. The van der Waals surface area contributed by atoms with Crippen LogP contribution in [-0.4, -0.2) is 50.5 Å². The molecule has 140 valence electrons. The number of aliphatic imine (C=N–C) groups is 1. The van der Waals surface area contributed by atoms with E-state index in [1.165, 1.54) is 21.9 Å². The highest BCUT2D eigenvalue weighted by Gasteiger charge is 2.05. The van der Waals surface area contributed by atoms with E-state index in [4.69, 9.17) is 0 Å². The maximum absolute atomic E-state index is 13.2. The largest absolute Gasteiger partial charge is 0.356 e. The summed E-state index contributed by atoms with van der Waals surface area (Å²) in [6.07, 6.45) is 1.56. The summed E-state index contributed by atoms with van der Waals surface area (Å²) in [6.45, 7) is 1.41. The molecular formula is C19H25FN4OS. The number of halogens is 1. The van der Waals surface area contributed by atoms with Crippen LogP contribution in [-0.2, 0) is 17.6 Å². The van der Waals surface area contributed by atoms with Crippen molar-refractivity contribution in [2.45, 2.75) is 12.8 Å². The van der Waals surface area contributed by atoms with E-state index in [0.29, 0.717) is 18.9 Å². The number of likely N-dealkylation sites (N-methyl/N-ethyl adjacent to an activating group) is 1. The van der Waals surface area contributed by atoms with Crippen LogP contribution in [0.25, 0.3) is 0 Å². The zero-order chi connectivity index (χ0) is 18.8. The fraction of sp³-hybridized carbons (Fsp3) is 0.368. The molecule has 2 N–H and O–H groups in total. The Bertz CT molecular complexity index is 716. The lowest BCUT2D eigenvalue weighted by Gasteiger charge is -2.13. The van der Waals surface area contributed by atoms with Crippen LogP contribution in [0, 0.1) is 5.82 Å². The van der Waals surface area contributed by atoms with E-state index in [1.807, 2.05) is 12.1 Å². The van der Waals surface area contributed by atoms with Gasteiger partial charge in [0.25, 0.3) is 0 Å². The highest BCUT2D eigenvalue weighted by Crippen LogP contribution is 2.08. The molecule has 1 heterocycles. The molecule has 1 amide bonds. The summed E-state index contributed by atoms with van der Waals surface area (Å²) in [4.78, 5) is 18.9. The monoisotopic (exact) mass is 376 g/mol. The maximum atomic E-state index is 13.2. The fourth-order valence-corrected chi connectivity index (χ4v) is 2.95. The zero-order valence-corrected chi connectivity index (χ0v) is 16.0. The van der Waals surface area contributed by atoms with Gasteiger partial charge in [-0.3, -0.25) is 4.79 Å². The van der Waals surface area contributed by atoms with Crippen LogP contribution in [0.4, 0.5) is 4.39 Å². The molecule has 5 nitrogen and oxygen atoms in total. The van der Waals surface area contributed by atoms with Crippen LogP contribution in [0.2, 0.25) is 0 Å². The van der Waals surface area contributed by atoms with Crippen molar-refractivity contribution >= 4 is 23.2 Å². The SMILES string of the molecule is CN(C)C(=O)CN=C(NCCc1cccc(F)c1)NCCc1cccs1. The third-order valence-corrected chi connectivity index (χ3v) is 4.65. The number of guanidine groups is 1. The Morgan fingerprint density at radius 3 is 2.58 bits per heavy atom. The van der Waals surface area contributed by atoms with Crippen molar-refractivity contribution in [3.05, 3.63) is 58.0 Å². The molecule has 0 saturated carbocycles. The van der Waals surface area contributed by atoms with Gasteiger partial charge in [0.15, 0.2) is 5.96 Å². The van der Waals surface area contributed by atoms with Crippen molar-refractivity contribution < 1.29 is 9.18 Å². The molecule has 26 heavy (non-hydrogen) atoms. The number of thiophene rings is 1. The van der Waals surface area contributed by atoms with Gasteiger partial charge in [0.2, 0.25) is 5.91 Å². The molecule has 0 fully saturated rings. The molecule has 0 aliphatic rings. The van der Waals surface area contributed by atoms with Gasteiger partial charge in [0, 0.05) is 32.1 Å². The fourth-order valence-electron chi connectivity index (χ4n) is 2.24. The van der Waals surface area contributed by atoms with Gasteiger partial charge in [0.05, 0.1) is 0 Å². The Labute approximate surface area is 157 Å². The van der Waals surface area contributed by atoms with Crippen LogP contribution in [0.1, 0.15) is 10.4 Å². The minimum absolute atomic E-state index is 0.0607. The average Bonchev–Trinajstić information content (AvgIpc) is 3.12. The quantitative estimate of drug-likeness (QED) is 0.549. The number of hydrogen-bond acceptors (Lipinski definition) is 3. The number of hydrogen-bond donors (Lipinski definition) is 2. The van der Waals surface area contributed by atoms with E-state index in [1.54, 1.807) is 31.5 Å². The number of carbonyl (C=O) groups excluding carboxylic acids is 1. The van der Waals surface area contributed by atoms with Crippen molar-refractivity contribution in [1.29, 1.82) is 0 Å². The van der Waals surface area contributed by atoms with Crippen LogP contribution < -0.4 is 10.6 Å². The van der Waals surface area contributed by atoms with Gasteiger partial charge in [-0.2, -0.15) is 0 Å². The minimum Gasteiger partial charge on any atom is -0.356 e. The van der Waals surface area contributed by atoms with Gasteiger partial charge in [-0.15, -0.1) is 11.3 Å². The van der Waals surface area contributed by atoms with Gasteiger partial charge < -0.3 is 15.5 Å². The second-order valence-electron chi connectivity index (χ2n) is 6.02. The topological polar surface area (TPSA) is 56.7 Å². The zero-order valence-electron chi connectivity index (χ0n) is 15.2. The molecule has 2 rings (SSSR count). The average molecular weight is 377 g/mol. The van der Waals surface area contributed by atoms with E-state index in [2.05, 4.69) is 27.1 Å². The molecule has 0 aliphatic heterocycles. The Kier molecular flexibility index (Phi) is 8.08. The molecule has 0 aliphatic carbocycles. The summed E-state index contributed by atoms with van der Waals surface area (Å²) in [5.74, 6) is 0.296. The third-order valence-electron chi connectivity index (χ3n) is 3.71. The molecule has 0 unspecified atom stereocenters. The smallest absolute Gasteiger partial charge is 0.243 e. The first-order valence-electron chi connectivity index (χ1n) is 8.54. The second-order valence-corrected chi connectivity index (χ2v) is 7.05. The molecule has 7 heteroatoms. The molecule has 0 bridgehead atoms. The van der Waals surface area contributed by atoms with Crippen molar-refractivity contribution in [3.63, 3.8) is 0 Å². The molecule has 1 aromatic heterocycles. The van der Waals surface area contributed by atoms with Gasteiger partial charge in [-0.25, -0.2) is 9.38 Å². The summed E-state index contributed by atoms with van der Waals surface area (Å²) in [7, 11) is 3.41. The lowest BCUT2D eigenvalue weighted by Crippen LogP contribution is -2.40. The van der Waals surface area contributed by atoms with E-state index < -0.39 is 0 Å². The maximum Gasteiger partial charge on any atom is 0.243 e. The number of nitrogens with one attached hydrogen (secondary N) is 2. The van der Waals surface area contributed by atoms with Crippen LogP contribution in [0.3, 0.4) is 0 Å². The highest BCUT2D eigenvalue weighted by molar-refractivity contribution is 7.09. The minimum atomic E-state index is -0.234. The van der Waals surface area contributed by atoms with E-state index >= 15 is 0 Å². The van der Waals surface area contributed by atoms with Crippen LogP contribution in [0.15, 0.2) is 46.8 Å². The molecule has 0 radical (unpaired) electrons. The standard InChI is InChI=1S/C19H25FN4OS/c1-24(2)18(25)14-23-19(22-11-9-17-7-4-12-26-17)21-10-8-15-5-3-6-16(20)13-15/h3-7,12-13H,8-11,14H2,1-2H3,(H2,21,22,23). The molecule has 1 aromatic carbocycles. The third kappa shape index (κ3) is 7.23. The number of nitrogens with zero attached hydrogens (tertiary/aromatic N) is 2. The number of amides is 1. The number of benzene rings is 1. The first-order chi connectivity index (χ1) is 12.5. The summed E-state index contributed by atoms with van der Waals surface area (Å²) < 4.78 is 13.2. The molecule has 0 saturated heterocycles. The number of rotatable bonds is 8. The normalized spacial score (nSPS) is 11.3. The molecular weight excluding hydrogens is 351 g/mol. The van der Waals surface area contributed by atoms with Crippen molar-refractivity contribution in [2.24, 2.45) is 4.99 Å². The lowest BCUT2D eigenvalue weighted by atomic mass is 10.1. The van der Waals surface area contributed by atoms with Crippen molar-refractivity contribution in [2.75, 3.05) is 33.7 Å². The van der Waals surface area contributed by atoms with E-state index in [9.17, 15) is 9.18 Å². The Morgan fingerprint density at radius 2 is 1.92 bits per heavy atom. The Hall–Kier alpha value is -2.41. The highest BCUT2D eigenvalue weighted by atomic mass is 32.1. The van der Waals surface area contributed by atoms with Gasteiger partial charge in [-0.05, 0) is 42.0 Å². The van der Waals surface area contributed by atoms with Crippen LogP contribution in [0.5, 0.6) is 0 Å². The number of carbonyl (C=O) groups is 1. The summed E-state index contributed by atoms with van der Waals surface area (Å²) >= 11 is 1.72. The Balaban J connectivity index is 1.86. The van der Waals surface area contributed by atoms with Gasteiger partial charge >= 0.3 is 0 Å². The van der Waals surface area contributed by atoms with Gasteiger partial charge in [0.1, 0.15) is 12.4 Å². The van der Waals surface area contributed by atoms with Crippen LogP contribution >= 0.6 is 11.3 Å². The Morgan fingerprint density at radius 1 is 1.15 bits per heavy atom. The van der Waals surface area contributed by atoms with E-state index in [-0.39, 0.29) is 18.3 Å². The van der Waals surface area contributed by atoms with Crippen molar-refractivity contribution in [3.8, 4) is 0 Å². The molecule has 0 atom stereocenters. The lowest BCUT2D eigenvalue weighted by molar-refractivity contribution is -0.127. The predicted molar refractivity (Wildman–Crippen MR) is 105 cm³/mol. The molecule has 0 spiro atoms. The summed E-state index contributed by atoms with van der Waals surface area (Å²) in [5.41, 5.74) is 0.916. The predicted octanol–water partition coefficient (Wildman–Crippen LogP) is 2.30. The first-order valence-corrected chi connectivity index (χ1v) is 9.41. The first kappa shape index (κ1) is 19.9. The second kappa shape index (κ2) is 10.6. The van der Waals surface area contributed by atoms with Gasteiger partial charge in [-0.1, -0.05) is 18.2 Å². The van der Waals surface area contributed by atoms with Crippen molar-refractivity contribution in [1.82, 2.24) is 15.5 Å².